The molecule has 2 heterocycles. The molecule has 0 N–H and O–H groups in total. The number of esters is 1. The Balaban J connectivity index is 1.96. The van der Waals surface area contributed by atoms with Gasteiger partial charge in [-0.05, 0) is 6.92 Å². The number of rotatable bonds is 2. The molecule has 4 nitrogen and oxygen atoms in total. The molecular formula is C8H9NO3S. The van der Waals surface area contributed by atoms with Crippen LogP contribution in [-0.2, 0) is 9.47 Å². The van der Waals surface area contributed by atoms with Gasteiger partial charge in [0.1, 0.15) is 6.10 Å². The predicted octanol–water partition coefficient (Wildman–Crippen LogP) is 1.01. The van der Waals surface area contributed by atoms with E-state index in [0.717, 1.165) is 5.01 Å². The van der Waals surface area contributed by atoms with E-state index in [9.17, 15) is 4.79 Å². The second-order valence-electron chi connectivity index (χ2n) is 2.82. The number of ether oxygens (including phenoxy) is 2. The van der Waals surface area contributed by atoms with Crippen molar-refractivity contribution in [1.82, 2.24) is 4.98 Å². The average Bonchev–Trinajstić information content (AvgIpc) is 2.44. The van der Waals surface area contributed by atoms with E-state index in [4.69, 9.17) is 9.47 Å². The van der Waals surface area contributed by atoms with Crippen molar-refractivity contribution in [2.24, 2.45) is 0 Å². The van der Waals surface area contributed by atoms with Gasteiger partial charge >= 0.3 is 5.97 Å². The highest BCUT2D eigenvalue weighted by Gasteiger charge is 2.24. The molecule has 0 amide bonds. The summed E-state index contributed by atoms with van der Waals surface area (Å²) in [5.41, 5.74) is 0.398. The summed E-state index contributed by atoms with van der Waals surface area (Å²) in [4.78, 5) is 15.4. The van der Waals surface area contributed by atoms with Gasteiger partial charge in [-0.2, -0.15) is 0 Å². The number of aromatic nitrogens is 1. The molecule has 1 fully saturated rings. The molecule has 5 heteroatoms. The first-order valence-electron chi connectivity index (χ1n) is 3.96. The van der Waals surface area contributed by atoms with Gasteiger partial charge in [-0.15, -0.1) is 11.3 Å². The Labute approximate surface area is 79.5 Å². The first-order valence-corrected chi connectivity index (χ1v) is 4.84. The maximum Gasteiger partial charge on any atom is 0.358 e. The molecule has 1 aromatic rings. The molecule has 1 aliphatic rings. The summed E-state index contributed by atoms with van der Waals surface area (Å²) >= 11 is 1.44. The molecule has 1 saturated heterocycles. The Morgan fingerprint density at radius 3 is 3.00 bits per heavy atom. The van der Waals surface area contributed by atoms with E-state index in [2.05, 4.69) is 4.98 Å². The van der Waals surface area contributed by atoms with Crippen molar-refractivity contribution in [1.29, 1.82) is 0 Å². The van der Waals surface area contributed by atoms with E-state index in [1.54, 1.807) is 5.38 Å². The Morgan fingerprint density at radius 1 is 1.77 bits per heavy atom. The van der Waals surface area contributed by atoms with Crippen molar-refractivity contribution in [2.45, 2.75) is 13.0 Å². The SMILES string of the molecule is Cc1nc(C(=O)OC2COC2)cs1. The zero-order valence-electron chi connectivity index (χ0n) is 7.15. The highest BCUT2D eigenvalue weighted by Crippen LogP contribution is 2.12. The van der Waals surface area contributed by atoms with Crippen molar-refractivity contribution in [3.05, 3.63) is 16.1 Å². The molecule has 0 aliphatic carbocycles. The summed E-state index contributed by atoms with van der Waals surface area (Å²) in [7, 11) is 0. The number of hydrogen-bond donors (Lipinski definition) is 0. The van der Waals surface area contributed by atoms with Crippen LogP contribution in [-0.4, -0.2) is 30.3 Å². The minimum Gasteiger partial charge on any atom is -0.453 e. The number of nitrogens with zero attached hydrogens (tertiary/aromatic N) is 1. The van der Waals surface area contributed by atoms with Gasteiger partial charge in [-0.25, -0.2) is 9.78 Å². The van der Waals surface area contributed by atoms with E-state index in [0.29, 0.717) is 18.9 Å². The average molecular weight is 199 g/mol. The van der Waals surface area contributed by atoms with E-state index in [-0.39, 0.29) is 12.1 Å². The highest BCUT2D eigenvalue weighted by atomic mass is 32.1. The van der Waals surface area contributed by atoms with E-state index in [1.807, 2.05) is 6.92 Å². The van der Waals surface area contributed by atoms with Crippen LogP contribution < -0.4 is 0 Å². The lowest BCUT2D eigenvalue weighted by molar-refractivity contribution is -0.103. The third kappa shape index (κ3) is 1.87. The molecule has 70 valence electrons. The van der Waals surface area contributed by atoms with Gasteiger partial charge in [0.05, 0.1) is 18.2 Å². The van der Waals surface area contributed by atoms with Gasteiger partial charge in [0.2, 0.25) is 0 Å². The van der Waals surface area contributed by atoms with Crippen molar-refractivity contribution in [2.75, 3.05) is 13.2 Å². The monoisotopic (exact) mass is 199 g/mol. The van der Waals surface area contributed by atoms with Gasteiger partial charge in [-0.3, -0.25) is 0 Å². The fourth-order valence-corrected chi connectivity index (χ4v) is 1.53. The first kappa shape index (κ1) is 8.65. The number of carbonyl (C=O) groups excluding carboxylic acids is 1. The van der Waals surface area contributed by atoms with Crippen LogP contribution in [0.4, 0.5) is 0 Å². The van der Waals surface area contributed by atoms with Gasteiger partial charge in [0.15, 0.2) is 5.69 Å². The van der Waals surface area contributed by atoms with Crippen LogP contribution in [0.3, 0.4) is 0 Å². The van der Waals surface area contributed by atoms with Crippen molar-refractivity contribution in [3.8, 4) is 0 Å². The number of hydrogen-bond acceptors (Lipinski definition) is 5. The minimum atomic E-state index is -0.349. The molecule has 1 aliphatic heterocycles. The molecular weight excluding hydrogens is 190 g/mol. The molecule has 13 heavy (non-hydrogen) atoms. The third-order valence-corrected chi connectivity index (χ3v) is 2.48. The smallest absolute Gasteiger partial charge is 0.358 e. The fraction of sp³-hybridized carbons (Fsp3) is 0.500. The fourth-order valence-electron chi connectivity index (χ4n) is 0.951. The molecule has 0 atom stereocenters. The maximum absolute atomic E-state index is 11.3. The summed E-state index contributed by atoms with van der Waals surface area (Å²) in [6.07, 6.45) is -0.0745. The summed E-state index contributed by atoms with van der Waals surface area (Å²) in [6.45, 7) is 2.87. The second kappa shape index (κ2) is 3.43. The van der Waals surface area contributed by atoms with Crippen LogP contribution in [0.1, 0.15) is 15.5 Å². The first-order chi connectivity index (χ1) is 6.25. The Bertz CT molecular complexity index is 319. The predicted molar refractivity (Wildman–Crippen MR) is 46.9 cm³/mol. The molecule has 0 unspecified atom stereocenters. The lowest BCUT2D eigenvalue weighted by Crippen LogP contribution is -2.37. The van der Waals surface area contributed by atoms with Crippen LogP contribution in [0, 0.1) is 6.92 Å². The molecule has 0 bridgehead atoms. The van der Waals surface area contributed by atoms with Crippen LogP contribution in [0.25, 0.3) is 0 Å². The second-order valence-corrected chi connectivity index (χ2v) is 3.88. The van der Waals surface area contributed by atoms with Crippen LogP contribution >= 0.6 is 11.3 Å². The summed E-state index contributed by atoms with van der Waals surface area (Å²) < 4.78 is 9.95. The normalized spacial score (nSPS) is 16.7. The number of carbonyl (C=O) groups is 1. The van der Waals surface area contributed by atoms with E-state index in [1.165, 1.54) is 11.3 Å². The van der Waals surface area contributed by atoms with Crippen LogP contribution in [0.5, 0.6) is 0 Å². The molecule has 1 aromatic heterocycles. The van der Waals surface area contributed by atoms with Crippen molar-refractivity contribution < 1.29 is 14.3 Å². The van der Waals surface area contributed by atoms with E-state index < -0.39 is 0 Å². The largest absolute Gasteiger partial charge is 0.453 e. The highest BCUT2D eigenvalue weighted by molar-refractivity contribution is 7.09. The molecule has 0 aromatic carbocycles. The Hall–Kier alpha value is -0.940. The van der Waals surface area contributed by atoms with Crippen molar-refractivity contribution in [3.63, 3.8) is 0 Å². The molecule has 0 spiro atoms. The standard InChI is InChI=1S/C8H9NO3S/c1-5-9-7(4-13-5)8(10)12-6-2-11-3-6/h4,6H,2-3H2,1H3. The third-order valence-electron chi connectivity index (χ3n) is 1.71. The van der Waals surface area contributed by atoms with Gasteiger partial charge in [-0.1, -0.05) is 0 Å². The Kier molecular flexibility index (Phi) is 2.28. The van der Waals surface area contributed by atoms with E-state index >= 15 is 0 Å². The van der Waals surface area contributed by atoms with Gasteiger partial charge in [0.25, 0.3) is 0 Å². The quantitative estimate of drug-likeness (QED) is 0.667. The van der Waals surface area contributed by atoms with Crippen LogP contribution in [0.2, 0.25) is 0 Å². The zero-order valence-corrected chi connectivity index (χ0v) is 7.97. The Morgan fingerprint density at radius 2 is 2.54 bits per heavy atom. The summed E-state index contributed by atoms with van der Waals surface area (Å²) in [5.74, 6) is -0.349. The summed E-state index contributed by atoms with van der Waals surface area (Å²) in [5, 5.41) is 2.58. The zero-order chi connectivity index (χ0) is 9.26. The van der Waals surface area contributed by atoms with Gasteiger partial charge in [0, 0.05) is 5.38 Å². The number of aryl methyl sites for hydroxylation is 1. The molecule has 2 rings (SSSR count). The number of thiazole rings is 1. The lowest BCUT2D eigenvalue weighted by Gasteiger charge is -2.25. The molecule has 0 radical (unpaired) electrons. The van der Waals surface area contributed by atoms with Crippen molar-refractivity contribution >= 4 is 17.3 Å². The molecule has 0 saturated carbocycles. The van der Waals surface area contributed by atoms with Gasteiger partial charge < -0.3 is 9.47 Å². The topological polar surface area (TPSA) is 48.4 Å². The minimum absolute atomic E-state index is 0.0745. The lowest BCUT2D eigenvalue weighted by atomic mass is 10.3. The van der Waals surface area contributed by atoms with Crippen LogP contribution in [0.15, 0.2) is 5.38 Å². The summed E-state index contributed by atoms with van der Waals surface area (Å²) in [6, 6.07) is 0. The maximum atomic E-state index is 11.3.